The molecular weight excluding hydrogens is 392 g/mol. The molecule has 0 spiro atoms. The molecule has 2 aromatic carbocycles. The highest BCUT2D eigenvalue weighted by molar-refractivity contribution is 7.89. The van der Waals surface area contributed by atoms with Gasteiger partial charge in [0.05, 0.1) is 19.1 Å². The van der Waals surface area contributed by atoms with Gasteiger partial charge in [0, 0.05) is 31.1 Å². The molecule has 1 N–H and O–H groups in total. The van der Waals surface area contributed by atoms with Crippen molar-refractivity contribution in [1.29, 1.82) is 0 Å². The molecule has 1 fully saturated rings. The Labute approximate surface area is 171 Å². The summed E-state index contributed by atoms with van der Waals surface area (Å²) in [5, 5.41) is 2.94. The van der Waals surface area contributed by atoms with Gasteiger partial charge in [0.25, 0.3) is 0 Å². The zero-order valence-electron chi connectivity index (χ0n) is 16.6. The van der Waals surface area contributed by atoms with Gasteiger partial charge < -0.3 is 14.8 Å². The number of piperidine rings is 1. The van der Waals surface area contributed by atoms with Crippen molar-refractivity contribution < 1.29 is 22.7 Å². The summed E-state index contributed by atoms with van der Waals surface area (Å²) >= 11 is 0. The average Bonchev–Trinajstić information content (AvgIpc) is 2.77. The lowest BCUT2D eigenvalue weighted by Crippen LogP contribution is -2.42. The van der Waals surface area contributed by atoms with Crippen molar-refractivity contribution in [3.63, 3.8) is 0 Å². The molecule has 0 saturated carbocycles. The van der Waals surface area contributed by atoms with E-state index in [2.05, 4.69) is 5.32 Å². The van der Waals surface area contributed by atoms with E-state index in [1.807, 2.05) is 24.3 Å². The molecule has 3 rings (SSSR count). The van der Waals surface area contributed by atoms with Crippen molar-refractivity contribution >= 4 is 15.9 Å². The summed E-state index contributed by atoms with van der Waals surface area (Å²) in [7, 11) is -0.439. The first-order chi connectivity index (χ1) is 14.0. The third kappa shape index (κ3) is 4.89. The first-order valence-electron chi connectivity index (χ1n) is 9.49. The predicted octanol–water partition coefficient (Wildman–Crippen LogP) is 2.42. The number of nitrogens with zero attached hydrogens (tertiary/aromatic N) is 1. The Balaban J connectivity index is 1.56. The molecule has 0 bridgehead atoms. The lowest BCUT2D eigenvalue weighted by molar-refractivity contribution is -0.126. The minimum Gasteiger partial charge on any atom is -0.497 e. The number of rotatable bonds is 7. The van der Waals surface area contributed by atoms with E-state index in [0.29, 0.717) is 38.2 Å². The van der Waals surface area contributed by atoms with E-state index in [0.717, 1.165) is 11.3 Å². The number of para-hydroxylation sites is 1. The second-order valence-corrected chi connectivity index (χ2v) is 8.82. The molecule has 0 atom stereocenters. The standard InChI is InChI=1S/C21H26N2O5S/c1-27-18-7-9-19(10-8-18)29(25,26)23-13-11-16(12-14-23)21(24)22-15-17-5-3-4-6-20(17)28-2/h3-10,16H,11-15H2,1-2H3,(H,22,24). The quantitative estimate of drug-likeness (QED) is 0.747. The Morgan fingerprint density at radius 1 is 1.03 bits per heavy atom. The number of nitrogens with one attached hydrogen (secondary N) is 1. The maximum absolute atomic E-state index is 12.8. The molecule has 8 heteroatoms. The summed E-state index contributed by atoms with van der Waals surface area (Å²) in [6.45, 7) is 1.02. The van der Waals surface area contributed by atoms with Crippen LogP contribution < -0.4 is 14.8 Å². The van der Waals surface area contributed by atoms with Crippen molar-refractivity contribution in [3.8, 4) is 11.5 Å². The van der Waals surface area contributed by atoms with E-state index in [-0.39, 0.29) is 16.7 Å². The molecule has 156 valence electrons. The van der Waals surface area contributed by atoms with Gasteiger partial charge in [-0.05, 0) is 43.2 Å². The lowest BCUT2D eigenvalue weighted by atomic mass is 9.97. The second-order valence-electron chi connectivity index (χ2n) is 6.88. The van der Waals surface area contributed by atoms with Crippen LogP contribution >= 0.6 is 0 Å². The largest absolute Gasteiger partial charge is 0.497 e. The summed E-state index contributed by atoms with van der Waals surface area (Å²) in [5.74, 6) is 1.08. The van der Waals surface area contributed by atoms with Gasteiger partial charge in [-0.1, -0.05) is 18.2 Å². The van der Waals surface area contributed by atoms with Crippen molar-refractivity contribution in [1.82, 2.24) is 9.62 Å². The van der Waals surface area contributed by atoms with E-state index in [9.17, 15) is 13.2 Å². The molecule has 0 aliphatic carbocycles. The Hall–Kier alpha value is -2.58. The van der Waals surface area contributed by atoms with Crippen LogP contribution in [0.3, 0.4) is 0 Å². The van der Waals surface area contributed by atoms with Crippen LogP contribution in [0.5, 0.6) is 11.5 Å². The molecule has 1 heterocycles. The molecule has 29 heavy (non-hydrogen) atoms. The maximum atomic E-state index is 12.8. The first kappa shape index (κ1) is 21.1. The SMILES string of the molecule is COc1ccc(S(=O)(=O)N2CCC(C(=O)NCc3ccccc3OC)CC2)cc1. The number of carbonyl (C=O) groups excluding carboxylic acids is 1. The van der Waals surface area contributed by atoms with Crippen LogP contribution in [0.4, 0.5) is 0 Å². The summed E-state index contributed by atoms with van der Waals surface area (Å²) in [5.41, 5.74) is 0.905. The van der Waals surface area contributed by atoms with E-state index < -0.39 is 10.0 Å². The number of methoxy groups -OCH3 is 2. The third-order valence-electron chi connectivity index (χ3n) is 5.17. The lowest BCUT2D eigenvalue weighted by Gasteiger charge is -2.30. The first-order valence-corrected chi connectivity index (χ1v) is 10.9. The predicted molar refractivity (Wildman–Crippen MR) is 109 cm³/mol. The molecule has 7 nitrogen and oxygen atoms in total. The van der Waals surface area contributed by atoms with Crippen LogP contribution in [-0.2, 0) is 21.4 Å². The Bertz CT molecular complexity index is 936. The van der Waals surface area contributed by atoms with Crippen LogP contribution in [0.1, 0.15) is 18.4 Å². The monoisotopic (exact) mass is 418 g/mol. The zero-order valence-corrected chi connectivity index (χ0v) is 17.4. The van der Waals surface area contributed by atoms with Gasteiger partial charge in [0.1, 0.15) is 11.5 Å². The minimum absolute atomic E-state index is 0.0580. The fourth-order valence-electron chi connectivity index (χ4n) is 3.43. The highest BCUT2D eigenvalue weighted by Crippen LogP contribution is 2.25. The van der Waals surface area contributed by atoms with Gasteiger partial charge >= 0.3 is 0 Å². The van der Waals surface area contributed by atoms with Gasteiger partial charge in [-0.3, -0.25) is 4.79 Å². The van der Waals surface area contributed by atoms with Crippen LogP contribution in [0, 0.1) is 5.92 Å². The van der Waals surface area contributed by atoms with Gasteiger partial charge in [-0.25, -0.2) is 8.42 Å². The maximum Gasteiger partial charge on any atom is 0.243 e. The zero-order chi connectivity index (χ0) is 20.9. The normalized spacial score (nSPS) is 15.7. The van der Waals surface area contributed by atoms with Crippen LogP contribution in [0.15, 0.2) is 53.4 Å². The molecule has 0 unspecified atom stereocenters. The van der Waals surface area contributed by atoms with Gasteiger partial charge in [-0.15, -0.1) is 0 Å². The van der Waals surface area contributed by atoms with Crippen molar-refractivity contribution in [2.45, 2.75) is 24.3 Å². The number of hydrogen-bond donors (Lipinski definition) is 1. The molecule has 1 amide bonds. The minimum atomic E-state index is -3.57. The third-order valence-corrected chi connectivity index (χ3v) is 7.08. The van der Waals surface area contributed by atoms with E-state index in [4.69, 9.17) is 9.47 Å². The summed E-state index contributed by atoms with van der Waals surface area (Å²) in [4.78, 5) is 12.8. The molecule has 1 aliphatic heterocycles. The fraction of sp³-hybridized carbons (Fsp3) is 0.381. The van der Waals surface area contributed by atoms with Gasteiger partial charge in [-0.2, -0.15) is 4.31 Å². The summed E-state index contributed by atoms with van der Waals surface area (Å²) in [6.07, 6.45) is 0.986. The highest BCUT2D eigenvalue weighted by Gasteiger charge is 2.32. The van der Waals surface area contributed by atoms with E-state index >= 15 is 0 Å². The Kier molecular flexibility index (Phi) is 6.76. The van der Waals surface area contributed by atoms with Gasteiger partial charge in [0.2, 0.25) is 15.9 Å². The average molecular weight is 419 g/mol. The number of ether oxygens (including phenoxy) is 2. The fourth-order valence-corrected chi connectivity index (χ4v) is 4.90. The molecular formula is C21H26N2O5S. The molecule has 1 saturated heterocycles. The number of sulfonamides is 1. The molecule has 0 aromatic heterocycles. The Morgan fingerprint density at radius 2 is 1.69 bits per heavy atom. The smallest absolute Gasteiger partial charge is 0.243 e. The van der Waals surface area contributed by atoms with Crippen LogP contribution in [0.2, 0.25) is 0 Å². The van der Waals surface area contributed by atoms with Crippen LogP contribution in [-0.4, -0.2) is 45.9 Å². The number of amides is 1. The number of benzene rings is 2. The summed E-state index contributed by atoms with van der Waals surface area (Å²) < 4.78 is 37.4. The number of carbonyl (C=O) groups is 1. The molecule has 2 aromatic rings. The summed E-state index contributed by atoms with van der Waals surface area (Å²) in [6, 6.07) is 13.9. The Morgan fingerprint density at radius 3 is 2.31 bits per heavy atom. The van der Waals surface area contributed by atoms with E-state index in [1.165, 1.54) is 11.4 Å². The van der Waals surface area contributed by atoms with Crippen molar-refractivity contribution in [2.75, 3.05) is 27.3 Å². The van der Waals surface area contributed by atoms with Gasteiger partial charge in [0.15, 0.2) is 0 Å². The second kappa shape index (κ2) is 9.28. The van der Waals surface area contributed by atoms with E-state index in [1.54, 1.807) is 31.4 Å². The van der Waals surface area contributed by atoms with Crippen LogP contribution in [0.25, 0.3) is 0 Å². The highest BCUT2D eigenvalue weighted by atomic mass is 32.2. The van der Waals surface area contributed by atoms with Crippen molar-refractivity contribution in [3.05, 3.63) is 54.1 Å². The molecule has 0 radical (unpaired) electrons. The topological polar surface area (TPSA) is 84.9 Å². The molecule has 1 aliphatic rings. The van der Waals surface area contributed by atoms with Crippen molar-refractivity contribution in [2.24, 2.45) is 5.92 Å². The number of hydrogen-bond acceptors (Lipinski definition) is 5.